The highest BCUT2D eigenvalue weighted by Crippen LogP contribution is 2.27. The number of piperazine rings is 1. The van der Waals surface area contributed by atoms with E-state index in [1.165, 1.54) is 0 Å². The van der Waals surface area contributed by atoms with Crippen LogP contribution in [0.15, 0.2) is 24.3 Å². The van der Waals surface area contributed by atoms with Crippen molar-refractivity contribution in [2.24, 2.45) is 0 Å². The maximum atomic E-state index is 12.5. The smallest absolute Gasteiger partial charge is 0.317 e. The number of morpholine rings is 1. The SMILES string of the molecule is CC(CN1CCOCC1)NC(=O)N1CCN(c2ccccc2O)CC1. The highest BCUT2D eigenvalue weighted by molar-refractivity contribution is 5.75. The van der Waals surface area contributed by atoms with Crippen molar-refractivity contribution in [3.63, 3.8) is 0 Å². The summed E-state index contributed by atoms with van der Waals surface area (Å²) < 4.78 is 5.35. The number of phenolic OH excluding ortho intramolecular Hbond substituents is 1. The standard InChI is InChI=1S/C18H28N4O3/c1-15(14-20-10-12-25-13-11-20)19-18(24)22-8-6-21(7-9-22)16-4-2-3-5-17(16)23/h2-5,15,23H,6-14H2,1H3,(H,19,24). The minimum Gasteiger partial charge on any atom is -0.506 e. The molecule has 2 N–H and O–H groups in total. The lowest BCUT2D eigenvalue weighted by Crippen LogP contribution is -2.55. The van der Waals surface area contributed by atoms with Crippen molar-refractivity contribution in [2.45, 2.75) is 13.0 Å². The van der Waals surface area contributed by atoms with Gasteiger partial charge in [-0.1, -0.05) is 12.1 Å². The van der Waals surface area contributed by atoms with Gasteiger partial charge in [0.2, 0.25) is 0 Å². The summed E-state index contributed by atoms with van der Waals surface area (Å²) >= 11 is 0. The average molecular weight is 348 g/mol. The number of anilines is 1. The van der Waals surface area contributed by atoms with Crippen molar-refractivity contribution in [1.82, 2.24) is 15.1 Å². The number of hydrogen-bond donors (Lipinski definition) is 2. The van der Waals surface area contributed by atoms with E-state index in [4.69, 9.17) is 4.74 Å². The third-order valence-corrected chi connectivity index (χ3v) is 4.79. The Bertz CT molecular complexity index is 569. The molecule has 7 nitrogen and oxygen atoms in total. The number of aromatic hydroxyl groups is 1. The molecule has 0 saturated carbocycles. The first kappa shape index (κ1) is 17.8. The van der Waals surface area contributed by atoms with Gasteiger partial charge >= 0.3 is 6.03 Å². The molecule has 25 heavy (non-hydrogen) atoms. The van der Waals surface area contributed by atoms with Crippen LogP contribution in [0.25, 0.3) is 0 Å². The Hall–Kier alpha value is -1.99. The number of urea groups is 1. The van der Waals surface area contributed by atoms with E-state index in [2.05, 4.69) is 15.1 Å². The summed E-state index contributed by atoms with van der Waals surface area (Å²) in [5.74, 6) is 0.291. The van der Waals surface area contributed by atoms with Gasteiger partial charge in [-0.25, -0.2) is 4.79 Å². The molecule has 0 radical (unpaired) electrons. The quantitative estimate of drug-likeness (QED) is 0.848. The number of phenols is 1. The summed E-state index contributed by atoms with van der Waals surface area (Å²) in [5.41, 5.74) is 0.836. The van der Waals surface area contributed by atoms with E-state index < -0.39 is 0 Å². The number of carbonyl (C=O) groups is 1. The molecular formula is C18H28N4O3. The first-order chi connectivity index (χ1) is 12.1. The fraction of sp³-hybridized carbons (Fsp3) is 0.611. The number of amides is 2. The van der Waals surface area contributed by atoms with E-state index in [1.807, 2.05) is 30.0 Å². The van der Waals surface area contributed by atoms with Crippen molar-refractivity contribution < 1.29 is 14.6 Å². The summed E-state index contributed by atoms with van der Waals surface area (Å²) in [6.45, 7) is 9.07. The molecule has 1 atom stereocenters. The number of benzene rings is 1. The first-order valence-corrected chi connectivity index (χ1v) is 9.02. The predicted molar refractivity (Wildman–Crippen MR) is 97.1 cm³/mol. The van der Waals surface area contributed by atoms with Crippen LogP contribution in [0.5, 0.6) is 5.75 Å². The van der Waals surface area contributed by atoms with Crippen LogP contribution in [0.2, 0.25) is 0 Å². The van der Waals surface area contributed by atoms with E-state index >= 15 is 0 Å². The second-order valence-corrected chi connectivity index (χ2v) is 6.73. The Morgan fingerprint density at radius 2 is 1.84 bits per heavy atom. The third kappa shape index (κ3) is 4.76. The normalized spacial score (nSPS) is 20.4. The largest absolute Gasteiger partial charge is 0.506 e. The minimum atomic E-state index is -0.00214. The van der Waals surface area contributed by atoms with Crippen molar-refractivity contribution in [3.8, 4) is 5.75 Å². The van der Waals surface area contributed by atoms with E-state index in [0.717, 1.165) is 51.6 Å². The summed E-state index contributed by atoms with van der Waals surface area (Å²) in [6.07, 6.45) is 0. The maximum Gasteiger partial charge on any atom is 0.317 e. The lowest BCUT2D eigenvalue weighted by molar-refractivity contribution is 0.0346. The molecule has 0 aliphatic carbocycles. The van der Waals surface area contributed by atoms with Crippen LogP contribution < -0.4 is 10.2 Å². The van der Waals surface area contributed by atoms with Gasteiger partial charge in [-0.05, 0) is 19.1 Å². The van der Waals surface area contributed by atoms with Crippen molar-refractivity contribution in [2.75, 3.05) is 63.9 Å². The van der Waals surface area contributed by atoms with Crippen molar-refractivity contribution in [3.05, 3.63) is 24.3 Å². The van der Waals surface area contributed by atoms with Crippen LogP contribution >= 0.6 is 0 Å². The zero-order chi connectivity index (χ0) is 17.6. The van der Waals surface area contributed by atoms with Gasteiger partial charge in [-0.3, -0.25) is 4.90 Å². The van der Waals surface area contributed by atoms with Gasteiger partial charge in [-0.2, -0.15) is 0 Å². The molecule has 2 aliphatic heterocycles. The molecule has 2 amide bonds. The number of rotatable bonds is 4. The Morgan fingerprint density at radius 1 is 1.16 bits per heavy atom. The van der Waals surface area contributed by atoms with E-state index in [1.54, 1.807) is 6.07 Å². The minimum absolute atomic E-state index is 0.00214. The molecule has 2 fully saturated rings. The van der Waals surface area contributed by atoms with Crippen LogP contribution in [0, 0.1) is 0 Å². The molecule has 7 heteroatoms. The van der Waals surface area contributed by atoms with E-state index in [0.29, 0.717) is 18.8 Å². The zero-order valence-corrected chi connectivity index (χ0v) is 14.9. The Morgan fingerprint density at radius 3 is 2.52 bits per heavy atom. The molecule has 0 bridgehead atoms. The van der Waals surface area contributed by atoms with Crippen molar-refractivity contribution in [1.29, 1.82) is 0 Å². The first-order valence-electron chi connectivity index (χ1n) is 9.02. The van der Waals surface area contributed by atoms with E-state index in [-0.39, 0.29) is 12.1 Å². The topological polar surface area (TPSA) is 68.3 Å². The number of nitrogens with one attached hydrogen (secondary N) is 1. The fourth-order valence-electron chi connectivity index (χ4n) is 3.40. The van der Waals surface area contributed by atoms with E-state index in [9.17, 15) is 9.90 Å². The predicted octanol–water partition coefficient (Wildman–Crippen LogP) is 0.944. The van der Waals surface area contributed by atoms with Crippen LogP contribution in [-0.2, 0) is 4.74 Å². The second-order valence-electron chi connectivity index (χ2n) is 6.73. The van der Waals surface area contributed by atoms with Gasteiger partial charge in [0.25, 0.3) is 0 Å². The van der Waals surface area contributed by atoms with Gasteiger partial charge in [0, 0.05) is 51.9 Å². The summed E-state index contributed by atoms with van der Waals surface area (Å²) in [5, 5.41) is 13.1. The molecule has 2 saturated heterocycles. The molecule has 1 aromatic rings. The van der Waals surface area contributed by atoms with Gasteiger partial charge in [0.05, 0.1) is 18.9 Å². The molecule has 138 valence electrons. The zero-order valence-electron chi connectivity index (χ0n) is 14.9. The lowest BCUT2D eigenvalue weighted by Gasteiger charge is -2.37. The number of carbonyl (C=O) groups excluding carboxylic acids is 1. The number of ether oxygens (including phenoxy) is 1. The fourth-order valence-corrected chi connectivity index (χ4v) is 3.40. The van der Waals surface area contributed by atoms with Gasteiger partial charge in [0.15, 0.2) is 0 Å². The monoisotopic (exact) mass is 348 g/mol. The van der Waals surface area contributed by atoms with Crippen molar-refractivity contribution >= 4 is 11.7 Å². The summed E-state index contributed by atoms with van der Waals surface area (Å²) in [6, 6.07) is 7.45. The molecule has 0 spiro atoms. The highest BCUT2D eigenvalue weighted by Gasteiger charge is 2.24. The maximum absolute atomic E-state index is 12.5. The molecule has 3 rings (SSSR count). The molecule has 0 aromatic heterocycles. The van der Waals surface area contributed by atoms with Gasteiger partial charge in [-0.15, -0.1) is 0 Å². The Kier molecular flexibility index (Phi) is 5.99. The molecule has 2 heterocycles. The van der Waals surface area contributed by atoms with Crippen LogP contribution in [0.1, 0.15) is 6.92 Å². The lowest BCUT2D eigenvalue weighted by atomic mass is 10.2. The Labute approximate surface area is 149 Å². The van der Waals surface area contributed by atoms with Gasteiger partial charge < -0.3 is 25.0 Å². The van der Waals surface area contributed by atoms with Crippen LogP contribution in [-0.4, -0.2) is 86.0 Å². The summed E-state index contributed by atoms with van der Waals surface area (Å²) in [7, 11) is 0. The van der Waals surface area contributed by atoms with Crippen LogP contribution in [0.4, 0.5) is 10.5 Å². The summed E-state index contributed by atoms with van der Waals surface area (Å²) in [4.78, 5) is 18.8. The number of para-hydroxylation sites is 2. The van der Waals surface area contributed by atoms with Crippen LogP contribution in [0.3, 0.4) is 0 Å². The number of nitrogens with zero attached hydrogens (tertiary/aromatic N) is 3. The molecule has 1 unspecified atom stereocenters. The molecule has 2 aliphatic rings. The highest BCUT2D eigenvalue weighted by atomic mass is 16.5. The Balaban J connectivity index is 1.44. The number of hydrogen-bond acceptors (Lipinski definition) is 5. The molecular weight excluding hydrogens is 320 g/mol. The molecule has 1 aromatic carbocycles. The van der Waals surface area contributed by atoms with Gasteiger partial charge in [0.1, 0.15) is 5.75 Å². The second kappa shape index (κ2) is 8.40. The third-order valence-electron chi connectivity index (χ3n) is 4.79. The average Bonchev–Trinajstić information content (AvgIpc) is 2.63.